The van der Waals surface area contributed by atoms with E-state index in [2.05, 4.69) is 17.2 Å². The molecule has 2 N–H and O–H groups in total. The summed E-state index contributed by atoms with van der Waals surface area (Å²) in [5, 5.41) is 5.24. The molecule has 2 aromatic rings. The molecule has 0 saturated carbocycles. The van der Waals surface area contributed by atoms with Crippen LogP contribution in [0, 0.1) is 5.92 Å². The SMILES string of the molecule is C=CCOC(=O)[C@@H](NC(=O)[C@H](CCC(=O)OC(C)(C)C)NC(=O)OCC1c2ccccc2-c2ccccc21)C(C)C. The third-order valence-corrected chi connectivity index (χ3v) is 6.57. The van der Waals surface area contributed by atoms with E-state index in [1.165, 1.54) is 6.08 Å². The number of esters is 2. The number of fused-ring (bicyclic) bond motifs is 3. The lowest BCUT2D eigenvalue weighted by Crippen LogP contribution is -2.53. The molecule has 9 nitrogen and oxygen atoms in total. The van der Waals surface area contributed by atoms with Crippen molar-refractivity contribution in [3.8, 4) is 11.1 Å². The highest BCUT2D eigenvalue weighted by atomic mass is 16.6. The van der Waals surface area contributed by atoms with Crippen molar-refractivity contribution >= 4 is 23.9 Å². The van der Waals surface area contributed by atoms with Gasteiger partial charge in [0.2, 0.25) is 5.91 Å². The zero-order valence-electron chi connectivity index (χ0n) is 24.4. The zero-order chi connectivity index (χ0) is 30.2. The number of carbonyl (C=O) groups is 4. The molecule has 0 unspecified atom stereocenters. The normalized spacial score (nSPS) is 13.8. The number of alkyl carbamates (subject to hydrolysis) is 1. The Hall–Kier alpha value is -4.14. The molecule has 1 aliphatic rings. The van der Waals surface area contributed by atoms with Crippen LogP contribution in [0.25, 0.3) is 11.1 Å². The molecule has 2 amide bonds. The highest BCUT2D eigenvalue weighted by molar-refractivity contribution is 5.90. The van der Waals surface area contributed by atoms with Crippen LogP contribution in [-0.2, 0) is 28.6 Å². The first-order valence-corrected chi connectivity index (χ1v) is 13.8. The van der Waals surface area contributed by atoms with Gasteiger partial charge in [-0.05, 0) is 55.4 Å². The Morgan fingerprint density at radius 3 is 2.05 bits per heavy atom. The van der Waals surface area contributed by atoms with Crippen LogP contribution in [0.5, 0.6) is 0 Å². The Labute approximate surface area is 241 Å². The Morgan fingerprint density at radius 2 is 1.51 bits per heavy atom. The van der Waals surface area contributed by atoms with Crippen LogP contribution in [-0.4, -0.2) is 54.8 Å². The summed E-state index contributed by atoms with van der Waals surface area (Å²) in [6, 6.07) is 13.8. The molecule has 0 aromatic heterocycles. The van der Waals surface area contributed by atoms with Crippen molar-refractivity contribution in [2.45, 2.75) is 71.1 Å². The van der Waals surface area contributed by atoms with E-state index in [-0.39, 0.29) is 37.9 Å². The van der Waals surface area contributed by atoms with Gasteiger partial charge in [-0.1, -0.05) is 75.0 Å². The second kappa shape index (κ2) is 14.0. The summed E-state index contributed by atoms with van der Waals surface area (Å²) < 4.78 is 16.1. The van der Waals surface area contributed by atoms with E-state index in [4.69, 9.17) is 14.2 Å². The van der Waals surface area contributed by atoms with Gasteiger partial charge in [0.25, 0.3) is 0 Å². The second-order valence-electron chi connectivity index (χ2n) is 11.3. The molecule has 2 aromatic carbocycles. The minimum absolute atomic E-state index is 0.00199. The lowest BCUT2D eigenvalue weighted by atomic mass is 9.98. The van der Waals surface area contributed by atoms with Crippen molar-refractivity contribution in [3.63, 3.8) is 0 Å². The molecule has 3 rings (SSSR count). The minimum Gasteiger partial charge on any atom is -0.460 e. The summed E-state index contributed by atoms with van der Waals surface area (Å²) in [6.07, 6.45) is 0.426. The zero-order valence-corrected chi connectivity index (χ0v) is 24.4. The number of hydrogen-bond donors (Lipinski definition) is 2. The molecule has 0 spiro atoms. The van der Waals surface area contributed by atoms with Crippen LogP contribution in [0.3, 0.4) is 0 Å². The third-order valence-electron chi connectivity index (χ3n) is 6.57. The van der Waals surface area contributed by atoms with E-state index < -0.39 is 41.6 Å². The lowest BCUT2D eigenvalue weighted by molar-refractivity contribution is -0.155. The van der Waals surface area contributed by atoms with Gasteiger partial charge < -0.3 is 24.8 Å². The number of ether oxygens (including phenoxy) is 3. The molecule has 2 atom stereocenters. The van der Waals surface area contributed by atoms with Crippen LogP contribution >= 0.6 is 0 Å². The average molecular weight is 565 g/mol. The van der Waals surface area contributed by atoms with Crippen molar-refractivity contribution < 1.29 is 33.4 Å². The number of amides is 2. The van der Waals surface area contributed by atoms with E-state index in [9.17, 15) is 19.2 Å². The molecular weight excluding hydrogens is 524 g/mol. The molecule has 1 aliphatic carbocycles. The van der Waals surface area contributed by atoms with Crippen LogP contribution in [0.4, 0.5) is 4.79 Å². The monoisotopic (exact) mass is 564 g/mol. The number of benzene rings is 2. The first kappa shape index (κ1) is 31.4. The summed E-state index contributed by atoms with van der Waals surface area (Å²) in [5.74, 6) is -2.24. The van der Waals surface area contributed by atoms with E-state index >= 15 is 0 Å². The largest absolute Gasteiger partial charge is 0.460 e. The summed E-state index contributed by atoms with van der Waals surface area (Å²) in [4.78, 5) is 51.2. The molecule has 0 saturated heterocycles. The molecule has 0 aliphatic heterocycles. The Bertz CT molecular complexity index is 1220. The fourth-order valence-corrected chi connectivity index (χ4v) is 4.69. The van der Waals surface area contributed by atoms with Gasteiger partial charge in [0.05, 0.1) is 0 Å². The standard InChI is InChI=1S/C32H40N2O7/c1-7-18-39-30(37)28(20(2)3)34-29(36)26(16-17-27(35)41-32(4,5)6)33-31(38)40-19-25-23-14-10-8-12-21(23)22-13-9-11-15-24(22)25/h7-15,20,25-26,28H,1,16-19H2,2-6H3,(H,33,38)(H,34,36)/t26-,28-/m0/s1. The van der Waals surface area contributed by atoms with E-state index in [1.807, 2.05) is 48.5 Å². The smallest absolute Gasteiger partial charge is 0.407 e. The maximum atomic E-state index is 13.3. The minimum atomic E-state index is -1.16. The van der Waals surface area contributed by atoms with Gasteiger partial charge in [-0.2, -0.15) is 0 Å². The molecule has 9 heteroatoms. The molecule has 220 valence electrons. The Morgan fingerprint density at radius 1 is 0.927 bits per heavy atom. The summed E-state index contributed by atoms with van der Waals surface area (Å²) >= 11 is 0. The number of carbonyl (C=O) groups excluding carboxylic acids is 4. The second-order valence-corrected chi connectivity index (χ2v) is 11.3. The molecule has 0 fully saturated rings. The van der Waals surface area contributed by atoms with Crippen molar-refractivity contribution in [1.29, 1.82) is 0 Å². The molecule has 41 heavy (non-hydrogen) atoms. The number of nitrogens with one attached hydrogen (secondary N) is 2. The summed E-state index contributed by atoms with van der Waals surface area (Å²) in [6.45, 7) is 12.3. The van der Waals surface area contributed by atoms with E-state index in [1.54, 1.807) is 34.6 Å². The molecule has 0 bridgehead atoms. The third kappa shape index (κ3) is 8.67. The fourth-order valence-electron chi connectivity index (χ4n) is 4.69. The maximum absolute atomic E-state index is 13.3. The van der Waals surface area contributed by atoms with Gasteiger partial charge in [-0.15, -0.1) is 0 Å². The number of rotatable bonds is 12. The van der Waals surface area contributed by atoms with Crippen molar-refractivity contribution in [2.75, 3.05) is 13.2 Å². The van der Waals surface area contributed by atoms with Gasteiger partial charge in [0.15, 0.2) is 0 Å². The van der Waals surface area contributed by atoms with Gasteiger partial charge >= 0.3 is 18.0 Å². The Kier molecular flexibility index (Phi) is 10.7. The van der Waals surface area contributed by atoms with Crippen molar-refractivity contribution in [2.24, 2.45) is 5.92 Å². The van der Waals surface area contributed by atoms with Crippen LogP contribution in [0.2, 0.25) is 0 Å². The highest BCUT2D eigenvalue weighted by Crippen LogP contribution is 2.44. The van der Waals surface area contributed by atoms with Crippen LogP contribution in [0.15, 0.2) is 61.2 Å². The molecule has 0 heterocycles. The molecular formula is C32H40N2O7. The van der Waals surface area contributed by atoms with Crippen molar-refractivity contribution in [1.82, 2.24) is 10.6 Å². The predicted molar refractivity (Wildman–Crippen MR) is 155 cm³/mol. The quantitative estimate of drug-likeness (QED) is 0.214. The summed E-state index contributed by atoms with van der Waals surface area (Å²) in [7, 11) is 0. The summed E-state index contributed by atoms with van der Waals surface area (Å²) in [5.41, 5.74) is 3.59. The Balaban J connectivity index is 1.71. The average Bonchev–Trinajstić information content (AvgIpc) is 3.23. The first-order valence-electron chi connectivity index (χ1n) is 13.8. The first-order chi connectivity index (χ1) is 19.4. The molecule has 0 radical (unpaired) electrons. The van der Waals surface area contributed by atoms with E-state index in [0.717, 1.165) is 22.3 Å². The van der Waals surface area contributed by atoms with Crippen molar-refractivity contribution in [3.05, 3.63) is 72.3 Å². The fraction of sp³-hybridized carbons (Fsp3) is 0.438. The van der Waals surface area contributed by atoms with Gasteiger partial charge in [0, 0.05) is 12.3 Å². The van der Waals surface area contributed by atoms with E-state index in [0.29, 0.717) is 0 Å². The van der Waals surface area contributed by atoms with Gasteiger partial charge in [-0.25, -0.2) is 9.59 Å². The number of hydrogen-bond acceptors (Lipinski definition) is 7. The highest BCUT2D eigenvalue weighted by Gasteiger charge is 2.32. The van der Waals surface area contributed by atoms with Crippen LogP contribution < -0.4 is 10.6 Å². The van der Waals surface area contributed by atoms with Crippen LogP contribution in [0.1, 0.15) is 64.5 Å². The lowest BCUT2D eigenvalue weighted by Gasteiger charge is -2.25. The van der Waals surface area contributed by atoms with Gasteiger partial charge in [0.1, 0.15) is 30.9 Å². The predicted octanol–water partition coefficient (Wildman–Crippen LogP) is 4.89. The maximum Gasteiger partial charge on any atom is 0.407 e. The van der Waals surface area contributed by atoms with Gasteiger partial charge in [-0.3, -0.25) is 9.59 Å². The topological polar surface area (TPSA) is 120 Å².